The number of ether oxygens (including phenoxy) is 1. The summed E-state index contributed by atoms with van der Waals surface area (Å²) in [5, 5.41) is 8.57. The number of amides is 1. The van der Waals surface area contributed by atoms with Crippen molar-refractivity contribution in [1.29, 1.82) is 0 Å². The Balaban J connectivity index is 1.13. The molecule has 2 atom stereocenters. The molecule has 1 unspecified atom stereocenters. The fourth-order valence-electron chi connectivity index (χ4n) is 6.04. The Kier molecular flexibility index (Phi) is 8.53. The fraction of sp³-hybridized carbons (Fsp3) is 0.594. The van der Waals surface area contributed by atoms with E-state index in [4.69, 9.17) is 4.74 Å². The third-order valence-electron chi connectivity index (χ3n) is 8.86. The van der Waals surface area contributed by atoms with Crippen molar-refractivity contribution in [3.05, 3.63) is 53.3 Å². The summed E-state index contributed by atoms with van der Waals surface area (Å²) in [6.07, 6.45) is 7.92. The molecule has 5 heterocycles. The third-order valence-corrected chi connectivity index (χ3v) is 8.86. The average Bonchev–Trinajstić information content (AvgIpc) is 3.66. The zero-order chi connectivity index (χ0) is 31.9. The van der Waals surface area contributed by atoms with Gasteiger partial charge < -0.3 is 19.4 Å². The molecule has 1 aliphatic carbocycles. The maximum Gasteiger partial charge on any atom is 0.410 e. The zero-order valence-corrected chi connectivity index (χ0v) is 26.4. The number of carbonyl (C=O) groups is 1. The van der Waals surface area contributed by atoms with Gasteiger partial charge in [0.2, 0.25) is 6.43 Å². The smallest absolute Gasteiger partial charge is 0.410 e. The second-order valence-electron chi connectivity index (χ2n) is 13.6. The van der Waals surface area contributed by atoms with Gasteiger partial charge >= 0.3 is 6.09 Å². The van der Waals surface area contributed by atoms with Crippen molar-refractivity contribution in [2.45, 2.75) is 77.6 Å². The molecule has 0 aromatic carbocycles. The van der Waals surface area contributed by atoms with Gasteiger partial charge in [0.05, 0.1) is 30.0 Å². The molecule has 3 aromatic rings. The number of anilines is 2. The predicted molar refractivity (Wildman–Crippen MR) is 167 cm³/mol. The second kappa shape index (κ2) is 12.4. The maximum atomic E-state index is 13.4. The minimum atomic E-state index is -2.32. The number of nitrogens with zero attached hydrogens (tertiary/aromatic N) is 8. The molecule has 0 bridgehead atoms. The Morgan fingerprint density at radius 1 is 1.09 bits per heavy atom. The van der Waals surface area contributed by atoms with Crippen molar-refractivity contribution < 1.29 is 18.3 Å². The minimum Gasteiger partial charge on any atom is -0.444 e. The molecule has 45 heavy (non-hydrogen) atoms. The van der Waals surface area contributed by atoms with Crippen molar-refractivity contribution in [2.24, 2.45) is 11.8 Å². The summed E-state index contributed by atoms with van der Waals surface area (Å²) in [6.45, 7) is 10.3. The van der Waals surface area contributed by atoms with Crippen molar-refractivity contribution in [2.75, 3.05) is 42.5 Å². The molecule has 13 heteroatoms. The van der Waals surface area contributed by atoms with Crippen LogP contribution in [0.3, 0.4) is 0 Å². The first-order chi connectivity index (χ1) is 21.4. The molecule has 2 aliphatic heterocycles. The molecule has 242 valence electrons. The summed E-state index contributed by atoms with van der Waals surface area (Å²) in [5.74, 6) is -0.0762. The van der Waals surface area contributed by atoms with Crippen LogP contribution in [0.2, 0.25) is 0 Å². The Labute approximate surface area is 261 Å². The quantitative estimate of drug-likeness (QED) is 0.332. The highest BCUT2D eigenvalue weighted by molar-refractivity contribution is 5.69. The van der Waals surface area contributed by atoms with Crippen molar-refractivity contribution in [3.63, 3.8) is 0 Å². The van der Waals surface area contributed by atoms with Crippen LogP contribution in [-0.4, -0.2) is 86.3 Å². The van der Waals surface area contributed by atoms with Gasteiger partial charge in [-0.25, -0.2) is 18.3 Å². The Bertz CT molecular complexity index is 1560. The number of hydrogen-bond acceptors (Lipinski definition) is 8. The van der Waals surface area contributed by atoms with Crippen molar-refractivity contribution in [3.8, 4) is 11.3 Å². The third kappa shape index (κ3) is 7.12. The lowest BCUT2D eigenvalue weighted by atomic mass is 10.00. The van der Waals surface area contributed by atoms with Gasteiger partial charge in [-0.2, -0.15) is 0 Å². The highest BCUT2D eigenvalue weighted by Crippen LogP contribution is 2.33. The summed E-state index contributed by atoms with van der Waals surface area (Å²) < 4.78 is 34.8. The average molecular weight is 625 g/mol. The standard InChI is InChI=1S/C32H42F2N8O3/c1-21(42-20-28(36-37-42)23-12-27(15-35-14-23)39-17-24(18-39)30(33)34)40-11-9-25(13-29(40)43)38-10-5-6-26(19-38)41(16-22-7-8-22)31(44)45-32(2,3)4/h9,11-15,20-22,24,26,30H,5-8,10,16-19H2,1-4H3/t21?,26-/m1/s1. The van der Waals surface area contributed by atoms with Gasteiger partial charge in [0, 0.05) is 62.4 Å². The highest BCUT2D eigenvalue weighted by Gasteiger charge is 2.36. The van der Waals surface area contributed by atoms with Gasteiger partial charge in [-0.1, -0.05) is 5.21 Å². The molecule has 0 N–H and O–H groups in total. The number of pyridine rings is 2. The number of alkyl halides is 2. The van der Waals surface area contributed by atoms with E-state index in [1.165, 1.54) is 0 Å². The number of carbonyl (C=O) groups excluding carboxylic acids is 1. The lowest BCUT2D eigenvalue weighted by Gasteiger charge is -2.40. The topological polar surface area (TPSA) is 102 Å². The number of piperidine rings is 1. The molecule has 1 saturated carbocycles. The summed E-state index contributed by atoms with van der Waals surface area (Å²) in [6, 6.07) is 5.46. The van der Waals surface area contributed by atoms with Crippen LogP contribution < -0.4 is 15.4 Å². The lowest BCUT2D eigenvalue weighted by molar-refractivity contribution is 0.0134. The first-order valence-electron chi connectivity index (χ1n) is 15.8. The molecule has 0 radical (unpaired) electrons. The first-order valence-corrected chi connectivity index (χ1v) is 15.8. The largest absolute Gasteiger partial charge is 0.444 e. The summed E-state index contributed by atoms with van der Waals surface area (Å²) in [4.78, 5) is 36.8. The van der Waals surface area contributed by atoms with Crippen LogP contribution in [0.25, 0.3) is 11.3 Å². The van der Waals surface area contributed by atoms with Gasteiger partial charge in [-0.15, -0.1) is 5.10 Å². The molecule has 3 fully saturated rings. The van der Waals surface area contributed by atoms with Crippen LogP contribution in [0, 0.1) is 11.8 Å². The highest BCUT2D eigenvalue weighted by atomic mass is 19.3. The number of aromatic nitrogens is 5. The van der Waals surface area contributed by atoms with Crippen LogP contribution in [0.15, 0.2) is 47.8 Å². The van der Waals surface area contributed by atoms with Crippen LogP contribution in [0.1, 0.15) is 59.5 Å². The van der Waals surface area contributed by atoms with Crippen LogP contribution in [0.4, 0.5) is 25.0 Å². The van der Waals surface area contributed by atoms with E-state index in [-0.39, 0.29) is 17.7 Å². The minimum absolute atomic E-state index is 0.0175. The van der Waals surface area contributed by atoms with E-state index in [1.54, 1.807) is 40.1 Å². The molecule has 0 spiro atoms. The number of rotatable bonds is 9. The normalized spacial score (nSPS) is 19.8. The number of halogens is 2. The fourth-order valence-corrected chi connectivity index (χ4v) is 6.04. The van der Waals surface area contributed by atoms with Crippen LogP contribution >= 0.6 is 0 Å². The molecule has 3 aromatic heterocycles. The van der Waals surface area contributed by atoms with E-state index < -0.39 is 24.1 Å². The van der Waals surface area contributed by atoms with E-state index in [2.05, 4.69) is 20.2 Å². The molecular weight excluding hydrogens is 582 g/mol. The molecular formula is C32H42F2N8O3. The molecule has 3 aliphatic rings. The second-order valence-corrected chi connectivity index (χ2v) is 13.6. The SMILES string of the molecule is CC(n1cc(-c2cncc(N3CC(C(F)F)C3)c2)nn1)n1ccc(N2CCC[C@@H](N(CC3CC3)C(=O)OC(C)(C)C)C2)cc1=O. The van der Waals surface area contributed by atoms with Crippen LogP contribution in [0.5, 0.6) is 0 Å². The van der Waals surface area contributed by atoms with Gasteiger partial charge in [0.25, 0.3) is 5.56 Å². The van der Waals surface area contributed by atoms with E-state index in [1.807, 2.05) is 49.6 Å². The van der Waals surface area contributed by atoms with Crippen molar-refractivity contribution in [1.82, 2.24) is 29.4 Å². The van der Waals surface area contributed by atoms with E-state index in [9.17, 15) is 18.4 Å². The molecule has 1 amide bonds. The van der Waals surface area contributed by atoms with Gasteiger partial charge in [-0.3, -0.25) is 14.3 Å². The van der Waals surface area contributed by atoms with E-state index in [0.29, 0.717) is 37.8 Å². The Morgan fingerprint density at radius 2 is 1.87 bits per heavy atom. The summed E-state index contributed by atoms with van der Waals surface area (Å²) >= 11 is 0. The maximum absolute atomic E-state index is 13.4. The number of hydrogen-bond donors (Lipinski definition) is 0. The first kappa shape index (κ1) is 31.0. The summed E-state index contributed by atoms with van der Waals surface area (Å²) in [7, 11) is 0. The predicted octanol–water partition coefficient (Wildman–Crippen LogP) is 4.89. The Hall–Kier alpha value is -4.03. The Morgan fingerprint density at radius 3 is 2.56 bits per heavy atom. The molecule has 6 rings (SSSR count). The molecule has 11 nitrogen and oxygen atoms in total. The monoisotopic (exact) mass is 624 g/mol. The molecule has 2 saturated heterocycles. The van der Waals surface area contributed by atoms with E-state index >= 15 is 0 Å². The van der Waals surface area contributed by atoms with E-state index in [0.717, 1.165) is 49.2 Å². The zero-order valence-electron chi connectivity index (χ0n) is 26.4. The lowest BCUT2D eigenvalue weighted by Crippen LogP contribution is -2.52. The van der Waals surface area contributed by atoms with Gasteiger partial charge in [0.1, 0.15) is 17.5 Å². The van der Waals surface area contributed by atoms with Gasteiger partial charge in [-0.05, 0) is 71.4 Å². The van der Waals surface area contributed by atoms with Crippen LogP contribution in [-0.2, 0) is 4.74 Å². The van der Waals surface area contributed by atoms with Gasteiger partial charge in [0.15, 0.2) is 0 Å². The van der Waals surface area contributed by atoms with Crippen molar-refractivity contribution >= 4 is 17.5 Å². The summed E-state index contributed by atoms with van der Waals surface area (Å²) in [5.41, 5.74) is 2.15.